The Hall–Kier alpha value is -0.260. The van der Waals surface area contributed by atoms with Crippen molar-refractivity contribution in [1.82, 2.24) is 0 Å². The number of halogens is 2. The third kappa shape index (κ3) is 3.60. The lowest BCUT2D eigenvalue weighted by atomic mass is 9.41. The number of hydrogen-bond donors (Lipinski definition) is 3. The van der Waals surface area contributed by atoms with E-state index in [1.165, 1.54) is 6.92 Å². The second-order valence-electron chi connectivity index (χ2n) is 13.0. The number of fused-ring (bicyclic) bond motifs is 5. The molecule has 0 amide bonds. The Bertz CT molecular complexity index is 697. The fraction of sp³-hybridized carbons (Fsp3) is 1.00. The zero-order valence-corrected chi connectivity index (χ0v) is 20.3. The molecular weight excluding hydrogens is 396 g/mol. The summed E-state index contributed by atoms with van der Waals surface area (Å²) in [7, 11) is 0. The first-order chi connectivity index (χ1) is 14.2. The fourth-order valence-corrected chi connectivity index (χ4v) is 9.37. The Labute approximate surface area is 187 Å². The molecule has 0 unspecified atom stereocenters. The first-order valence-electron chi connectivity index (χ1n) is 12.7. The van der Waals surface area contributed by atoms with Gasteiger partial charge >= 0.3 is 0 Å². The summed E-state index contributed by atoms with van der Waals surface area (Å²) >= 11 is 0. The second-order valence-corrected chi connectivity index (χ2v) is 13.0. The van der Waals surface area contributed by atoms with Gasteiger partial charge in [0.05, 0.1) is 5.60 Å². The topological polar surface area (TPSA) is 66.5 Å². The van der Waals surface area contributed by atoms with E-state index < -0.39 is 17.6 Å². The molecule has 4 fully saturated rings. The molecule has 0 radical (unpaired) electrons. The minimum atomic E-state index is -3.03. The summed E-state index contributed by atoms with van der Waals surface area (Å²) in [5.74, 6) is -1.55. The Morgan fingerprint density at radius 3 is 2.23 bits per heavy atom. The third-order valence-electron chi connectivity index (χ3n) is 11.1. The summed E-state index contributed by atoms with van der Waals surface area (Å²) in [6.07, 6.45) is 7.15. The highest BCUT2D eigenvalue weighted by molar-refractivity contribution is 5.19. The van der Waals surface area contributed by atoms with Crippen molar-refractivity contribution in [2.45, 2.75) is 122 Å². The average molecular weight is 442 g/mol. The van der Waals surface area contributed by atoms with Gasteiger partial charge in [-0.3, -0.25) is 0 Å². The van der Waals surface area contributed by atoms with E-state index in [-0.39, 0.29) is 34.6 Å². The zero-order valence-electron chi connectivity index (χ0n) is 20.3. The minimum Gasteiger partial charge on any atom is -0.390 e. The van der Waals surface area contributed by atoms with Crippen LogP contribution in [0.4, 0.5) is 8.78 Å². The highest BCUT2D eigenvalue weighted by Crippen LogP contribution is 2.69. The second kappa shape index (κ2) is 7.37. The maximum atomic E-state index is 14.3. The first-order valence-corrected chi connectivity index (χ1v) is 12.7. The van der Waals surface area contributed by atoms with Crippen LogP contribution in [-0.4, -0.2) is 33.4 Å². The molecule has 31 heavy (non-hydrogen) atoms. The quantitative estimate of drug-likeness (QED) is 0.538. The van der Waals surface area contributed by atoms with E-state index in [0.717, 1.165) is 57.8 Å². The molecule has 0 aromatic carbocycles. The SMILES string of the molecule is C[C@H](CC(F)(F)[C@@H](C)O)[C@H]1CC[C@@H]2[C@]1(C)CC[C@@H]1[C@@]3(C)CC[C@](C)(O)C[C@@H]3CC[C@]12N. The van der Waals surface area contributed by atoms with Crippen molar-refractivity contribution in [1.29, 1.82) is 0 Å². The molecule has 4 N–H and O–H groups in total. The van der Waals surface area contributed by atoms with Crippen molar-refractivity contribution in [3.63, 3.8) is 0 Å². The number of rotatable bonds is 4. The summed E-state index contributed by atoms with van der Waals surface area (Å²) in [4.78, 5) is 0. The molecule has 180 valence electrons. The smallest absolute Gasteiger partial charge is 0.273 e. The molecule has 0 spiro atoms. The molecule has 0 heterocycles. The summed E-state index contributed by atoms with van der Waals surface area (Å²) in [5, 5.41) is 20.2. The molecule has 4 saturated carbocycles. The highest BCUT2D eigenvalue weighted by atomic mass is 19.3. The van der Waals surface area contributed by atoms with Gasteiger partial charge in [0.2, 0.25) is 0 Å². The molecular formula is C26H45F2NO2. The summed E-state index contributed by atoms with van der Waals surface area (Å²) in [6.45, 7) is 9.91. The Kier molecular flexibility index (Phi) is 5.68. The molecule has 5 heteroatoms. The minimum absolute atomic E-state index is 0.00277. The summed E-state index contributed by atoms with van der Waals surface area (Å²) in [5.41, 5.74) is 6.79. The van der Waals surface area contributed by atoms with Gasteiger partial charge in [0.15, 0.2) is 0 Å². The number of nitrogens with two attached hydrogens (primary N) is 1. The first kappa shape index (κ1) is 23.9. The van der Waals surface area contributed by atoms with E-state index in [9.17, 15) is 19.0 Å². The standard InChI is InChI=1S/C26H45F2NO2/c1-16(14-26(27,28)17(2)30)19-6-7-20-24(19,5)10-9-21-23(4)13-12-22(3,31)15-18(23)8-11-25(20,21)29/h16-21,30-31H,6-15,29H2,1-5H3/t16-,17-,18+,19-,20-,21-,22+,23+,24-,25-/m1/s1. The van der Waals surface area contributed by atoms with E-state index in [0.29, 0.717) is 17.8 Å². The predicted octanol–water partition coefficient (Wildman–Crippen LogP) is 5.52. The Morgan fingerprint density at radius 2 is 1.58 bits per heavy atom. The summed E-state index contributed by atoms with van der Waals surface area (Å²) < 4.78 is 28.7. The van der Waals surface area contributed by atoms with Crippen LogP contribution >= 0.6 is 0 Å². The lowest BCUT2D eigenvalue weighted by molar-refractivity contribution is -0.161. The molecule has 0 bridgehead atoms. The van der Waals surface area contributed by atoms with Gasteiger partial charge in [0.1, 0.15) is 6.10 Å². The van der Waals surface area contributed by atoms with Crippen molar-refractivity contribution in [2.75, 3.05) is 0 Å². The third-order valence-corrected chi connectivity index (χ3v) is 11.1. The van der Waals surface area contributed by atoms with Gasteiger partial charge in [-0.2, -0.15) is 0 Å². The van der Waals surface area contributed by atoms with Gasteiger partial charge in [-0.15, -0.1) is 0 Å². The van der Waals surface area contributed by atoms with Crippen LogP contribution in [0.5, 0.6) is 0 Å². The van der Waals surface area contributed by atoms with E-state index in [4.69, 9.17) is 5.73 Å². The van der Waals surface area contributed by atoms with Crippen LogP contribution in [0.25, 0.3) is 0 Å². The van der Waals surface area contributed by atoms with Gasteiger partial charge in [-0.25, -0.2) is 8.78 Å². The number of aliphatic hydroxyl groups excluding tert-OH is 1. The zero-order chi connectivity index (χ0) is 23.0. The van der Waals surface area contributed by atoms with E-state index >= 15 is 0 Å². The lowest BCUT2D eigenvalue weighted by Crippen LogP contribution is -2.68. The maximum Gasteiger partial charge on any atom is 0.273 e. The Morgan fingerprint density at radius 1 is 0.935 bits per heavy atom. The van der Waals surface area contributed by atoms with Crippen LogP contribution in [-0.2, 0) is 0 Å². The predicted molar refractivity (Wildman–Crippen MR) is 120 cm³/mol. The molecule has 0 aromatic rings. The molecule has 3 nitrogen and oxygen atoms in total. The number of aliphatic hydroxyl groups is 2. The number of alkyl halides is 2. The largest absolute Gasteiger partial charge is 0.390 e. The van der Waals surface area contributed by atoms with Crippen molar-refractivity contribution < 1.29 is 19.0 Å². The summed E-state index contributed by atoms with van der Waals surface area (Å²) in [6, 6.07) is 0. The van der Waals surface area contributed by atoms with Crippen LogP contribution in [0, 0.1) is 40.4 Å². The molecule has 4 aliphatic carbocycles. The van der Waals surface area contributed by atoms with E-state index in [2.05, 4.69) is 13.8 Å². The van der Waals surface area contributed by atoms with Crippen molar-refractivity contribution in [2.24, 2.45) is 46.2 Å². The molecule has 0 aliphatic heterocycles. The average Bonchev–Trinajstić information content (AvgIpc) is 3.00. The van der Waals surface area contributed by atoms with Gasteiger partial charge in [0.25, 0.3) is 5.92 Å². The molecule has 10 atom stereocenters. The van der Waals surface area contributed by atoms with Crippen molar-refractivity contribution in [3.05, 3.63) is 0 Å². The van der Waals surface area contributed by atoms with Crippen LogP contribution < -0.4 is 5.73 Å². The van der Waals surface area contributed by atoms with Crippen molar-refractivity contribution >= 4 is 0 Å². The maximum absolute atomic E-state index is 14.3. The van der Waals surface area contributed by atoms with E-state index in [1.807, 2.05) is 13.8 Å². The van der Waals surface area contributed by atoms with Gasteiger partial charge in [0, 0.05) is 12.0 Å². The van der Waals surface area contributed by atoms with Crippen LogP contribution in [0.2, 0.25) is 0 Å². The van der Waals surface area contributed by atoms with Gasteiger partial charge in [-0.05, 0) is 112 Å². The highest BCUT2D eigenvalue weighted by Gasteiger charge is 2.66. The molecule has 4 aliphatic rings. The fourth-order valence-electron chi connectivity index (χ4n) is 9.37. The van der Waals surface area contributed by atoms with Crippen LogP contribution in [0.3, 0.4) is 0 Å². The van der Waals surface area contributed by atoms with Crippen molar-refractivity contribution in [3.8, 4) is 0 Å². The van der Waals surface area contributed by atoms with Crippen LogP contribution in [0.15, 0.2) is 0 Å². The van der Waals surface area contributed by atoms with E-state index in [1.54, 1.807) is 0 Å². The Balaban J connectivity index is 1.57. The normalized spacial score (nSPS) is 52.1. The lowest BCUT2D eigenvalue weighted by Gasteiger charge is -2.66. The monoisotopic (exact) mass is 441 g/mol. The van der Waals surface area contributed by atoms with Gasteiger partial charge in [-0.1, -0.05) is 20.8 Å². The molecule has 0 saturated heterocycles. The molecule has 0 aromatic heterocycles. The van der Waals surface area contributed by atoms with Crippen LogP contribution in [0.1, 0.15) is 98.8 Å². The number of hydrogen-bond acceptors (Lipinski definition) is 3. The van der Waals surface area contributed by atoms with Gasteiger partial charge < -0.3 is 15.9 Å². The molecule has 4 rings (SSSR count).